The number of unbranched alkanes of at least 4 members (excludes halogenated alkanes) is 32. The molecule has 0 aliphatic rings. The van der Waals surface area contributed by atoms with Crippen LogP contribution in [-0.4, -0.2) is 0 Å². The zero-order chi connectivity index (χ0) is 54.6. The molecule has 4 heterocycles. The zero-order valence-electron chi connectivity index (χ0n) is 50.5. The molecule has 0 atom stereocenters. The van der Waals surface area contributed by atoms with Crippen LogP contribution in [0.5, 0.6) is 0 Å². The lowest BCUT2D eigenvalue weighted by atomic mass is 9.86. The fourth-order valence-corrected chi connectivity index (χ4v) is 15.1. The summed E-state index contributed by atoms with van der Waals surface area (Å²) in [5, 5.41) is 14.4. The molecule has 11 rings (SSSR count). The van der Waals surface area contributed by atoms with Gasteiger partial charge in [0.15, 0.2) is 0 Å². The lowest BCUT2D eigenvalue weighted by molar-refractivity contribution is 0.559. The summed E-state index contributed by atoms with van der Waals surface area (Å²) in [7, 11) is 0. The molecule has 0 saturated heterocycles. The van der Waals surface area contributed by atoms with Gasteiger partial charge >= 0.3 is 0 Å². The normalized spacial score (nSPS) is 12.8. The molecule has 0 amide bonds. The van der Waals surface area contributed by atoms with Crippen molar-refractivity contribution in [2.75, 3.05) is 0 Å². The molecule has 0 bridgehead atoms. The predicted molar refractivity (Wildman–Crippen MR) is 348 cm³/mol. The van der Waals surface area contributed by atoms with Gasteiger partial charge in [0.1, 0.15) is 44.7 Å². The molecule has 0 fully saturated rings. The molecule has 4 aromatic heterocycles. The maximum atomic E-state index is 7.75. The lowest BCUT2D eigenvalue weighted by Crippen LogP contribution is -1.99. The number of rotatable bonds is 40. The van der Waals surface area contributed by atoms with Crippen LogP contribution < -0.4 is 0 Å². The van der Waals surface area contributed by atoms with Crippen LogP contribution in [0.2, 0.25) is 0 Å². The monoisotopic (exact) mass is 1080 g/mol. The van der Waals surface area contributed by atoms with Crippen molar-refractivity contribution in [3.63, 3.8) is 0 Å². The molecule has 0 saturated carbocycles. The third-order valence-corrected chi connectivity index (χ3v) is 19.4. The first-order valence-electron chi connectivity index (χ1n) is 34.0. The van der Waals surface area contributed by atoms with E-state index in [2.05, 4.69) is 76.2 Å². The first-order valence-corrected chi connectivity index (χ1v) is 34.0. The Labute approximate surface area is 479 Å². The summed E-state index contributed by atoms with van der Waals surface area (Å²) in [4.78, 5) is 0. The molecule has 11 aromatic rings. The minimum atomic E-state index is 1.00. The largest absolute Gasteiger partial charge is 0.455 e. The molecule has 428 valence electrons. The highest BCUT2D eigenvalue weighted by Gasteiger charge is 2.35. The number of furan rings is 4. The van der Waals surface area contributed by atoms with Crippen LogP contribution in [0.4, 0.5) is 0 Å². The average Bonchev–Trinajstić information content (AvgIpc) is 3.53. The summed E-state index contributed by atoms with van der Waals surface area (Å²) < 4.78 is 31.0. The molecular weight excluding hydrogens is 977 g/mol. The van der Waals surface area contributed by atoms with Gasteiger partial charge in [0.2, 0.25) is 0 Å². The first kappa shape index (κ1) is 56.9. The minimum Gasteiger partial charge on any atom is -0.455 e. The molecule has 0 aliphatic carbocycles. The van der Waals surface area contributed by atoms with Gasteiger partial charge in [-0.3, -0.25) is 0 Å². The van der Waals surface area contributed by atoms with Crippen molar-refractivity contribution >= 4 is 109 Å². The van der Waals surface area contributed by atoms with Crippen LogP contribution >= 0.6 is 0 Å². The van der Waals surface area contributed by atoms with Gasteiger partial charge in [-0.1, -0.05) is 282 Å². The molecule has 0 radical (unpaired) electrons. The van der Waals surface area contributed by atoms with E-state index in [4.69, 9.17) is 17.7 Å². The van der Waals surface area contributed by atoms with E-state index in [1.165, 1.54) is 271 Å². The Morgan fingerprint density at radius 2 is 0.362 bits per heavy atom. The van der Waals surface area contributed by atoms with Crippen molar-refractivity contribution in [3.8, 4) is 0 Å². The molecule has 80 heavy (non-hydrogen) atoms. The second-order valence-corrected chi connectivity index (χ2v) is 25.4. The van der Waals surface area contributed by atoms with E-state index in [9.17, 15) is 0 Å². The smallest absolute Gasteiger partial charge is 0.144 e. The summed E-state index contributed by atoms with van der Waals surface area (Å²) in [5.41, 5.74) is 14.0. The highest BCUT2D eigenvalue weighted by Crippen LogP contribution is 2.58. The maximum Gasteiger partial charge on any atom is 0.144 e. The van der Waals surface area contributed by atoms with Gasteiger partial charge in [-0.25, -0.2) is 0 Å². The molecule has 0 aliphatic heterocycles. The Morgan fingerprint density at radius 3 is 0.550 bits per heavy atom. The van der Waals surface area contributed by atoms with E-state index in [1.54, 1.807) is 0 Å². The van der Waals surface area contributed by atoms with Gasteiger partial charge in [-0.2, -0.15) is 0 Å². The van der Waals surface area contributed by atoms with Crippen LogP contribution in [0.3, 0.4) is 0 Å². The number of benzene rings is 6. The highest BCUT2D eigenvalue weighted by molar-refractivity contribution is 6.49. The Kier molecular flexibility index (Phi) is 19.8. The van der Waals surface area contributed by atoms with Crippen LogP contribution in [0.1, 0.15) is 281 Å². The molecule has 0 N–H and O–H groups in total. The van der Waals surface area contributed by atoms with Gasteiger partial charge in [0.05, 0.1) is 0 Å². The average molecular weight is 1080 g/mol. The van der Waals surface area contributed by atoms with E-state index >= 15 is 0 Å². The third-order valence-electron chi connectivity index (χ3n) is 19.4. The van der Waals surface area contributed by atoms with E-state index in [-0.39, 0.29) is 0 Å². The summed E-state index contributed by atoms with van der Waals surface area (Å²) in [6, 6.07) is 18.0. The second kappa shape index (κ2) is 27.9. The summed E-state index contributed by atoms with van der Waals surface area (Å²) >= 11 is 0. The van der Waals surface area contributed by atoms with E-state index < -0.39 is 0 Å². The Bertz CT molecular complexity index is 3160. The second-order valence-electron chi connectivity index (χ2n) is 25.4. The molecule has 0 unspecified atom stereocenters. The Hall–Kier alpha value is -4.96. The van der Waals surface area contributed by atoms with Crippen LogP contribution in [0.25, 0.3) is 109 Å². The molecule has 4 heteroatoms. The van der Waals surface area contributed by atoms with Gasteiger partial charge < -0.3 is 17.7 Å². The van der Waals surface area contributed by atoms with Gasteiger partial charge in [-0.15, -0.1) is 0 Å². The topological polar surface area (TPSA) is 52.6 Å². The molecular formula is C76H100O4. The Morgan fingerprint density at radius 1 is 0.200 bits per heavy atom. The molecule has 4 nitrogen and oxygen atoms in total. The van der Waals surface area contributed by atoms with Crippen molar-refractivity contribution in [1.82, 2.24) is 0 Å². The third kappa shape index (κ3) is 11.6. The number of fused-ring (bicyclic) bond motifs is 6. The lowest BCUT2D eigenvalue weighted by Gasteiger charge is -2.14. The van der Waals surface area contributed by atoms with Gasteiger partial charge in [0, 0.05) is 86.9 Å². The van der Waals surface area contributed by atoms with Crippen molar-refractivity contribution in [2.24, 2.45) is 0 Å². The quantitative estimate of drug-likeness (QED) is 0.0359. The number of hydrogen-bond donors (Lipinski definition) is 0. The number of aryl methyl sites for hydroxylation is 4. The van der Waals surface area contributed by atoms with E-state index in [1.807, 2.05) is 0 Å². The fraction of sp³-hybridized carbons (Fsp3) is 0.579. The summed E-state index contributed by atoms with van der Waals surface area (Å²) in [6.45, 7) is 9.28. The SMILES string of the molecule is CCCCCCCCCCCc1c(CCCCCCCCCCC)c2oc3c4ccccc4c4oc5c(CCCCCCCCCCC)c(CCCCCCCCCCC)c6oc7c8ccccc8c8oc1c1c2c3c4c5c6c7c81. The first-order chi connectivity index (χ1) is 39.7. The molecule has 7 aromatic carbocycles. The summed E-state index contributed by atoms with van der Waals surface area (Å²) in [6.07, 6.45) is 51.3. The van der Waals surface area contributed by atoms with E-state index in [0.717, 1.165) is 118 Å². The van der Waals surface area contributed by atoms with Crippen LogP contribution in [0, 0.1) is 0 Å². The van der Waals surface area contributed by atoms with E-state index in [0.29, 0.717) is 0 Å². The fourth-order valence-electron chi connectivity index (χ4n) is 15.1. The van der Waals surface area contributed by atoms with Gasteiger partial charge in [0.25, 0.3) is 0 Å². The van der Waals surface area contributed by atoms with Crippen molar-refractivity contribution in [1.29, 1.82) is 0 Å². The maximum absolute atomic E-state index is 7.75. The summed E-state index contributed by atoms with van der Waals surface area (Å²) in [5.74, 6) is 0. The standard InChI is InChI=1S/C76H100O4/c1-5-9-13-17-21-25-29-33-37-45-53-54(46-38-34-30-26-22-18-14-10-6-2)70-62-61-65-67-63-64-68-66(62)74(78-70)59-51-43-44-52-60(59)76(68)80-72(64)56(48-40-36-32-28-24-20-16-12-8-4)55(47-39-35-31-27-23-19-15-11-7-3)71(63)79-75(67)58-50-42-41-49-57(58)73(65)77-69(53)61/h41-44,49-52H,5-40,45-48H2,1-4H3. The zero-order valence-corrected chi connectivity index (χ0v) is 50.5. The predicted octanol–water partition coefficient (Wildman–Crippen LogP) is 26.2. The van der Waals surface area contributed by atoms with Crippen LogP contribution in [-0.2, 0) is 25.7 Å². The highest BCUT2D eigenvalue weighted by atomic mass is 16.4. The molecule has 0 spiro atoms. The van der Waals surface area contributed by atoms with Crippen molar-refractivity contribution < 1.29 is 17.7 Å². The van der Waals surface area contributed by atoms with Crippen molar-refractivity contribution in [3.05, 3.63) is 70.8 Å². The Balaban J connectivity index is 1.10. The van der Waals surface area contributed by atoms with Crippen LogP contribution in [0.15, 0.2) is 66.2 Å². The minimum absolute atomic E-state index is 1.00. The number of hydrogen-bond acceptors (Lipinski definition) is 4. The van der Waals surface area contributed by atoms with Gasteiger partial charge in [-0.05, 0) is 51.4 Å². The van der Waals surface area contributed by atoms with Crippen molar-refractivity contribution in [2.45, 2.75) is 285 Å².